The van der Waals surface area contributed by atoms with Crippen LogP contribution in [0.2, 0.25) is 0 Å². The SMILES string of the molecule is C/C=C/CNCC(O)C(N)=O. The zero-order valence-electron chi connectivity index (χ0n) is 6.58. The Bertz CT molecular complexity index is 145. The summed E-state index contributed by atoms with van der Waals surface area (Å²) in [6.45, 7) is 2.74. The predicted molar refractivity (Wildman–Crippen MR) is 42.9 cm³/mol. The van der Waals surface area contributed by atoms with E-state index in [-0.39, 0.29) is 6.54 Å². The number of carbonyl (C=O) groups excluding carboxylic acids is 1. The second-order valence-corrected chi connectivity index (χ2v) is 2.15. The maximum atomic E-state index is 10.3. The third-order valence-electron chi connectivity index (χ3n) is 1.16. The van der Waals surface area contributed by atoms with Crippen LogP contribution in [0.3, 0.4) is 0 Å². The molecule has 0 fully saturated rings. The highest BCUT2D eigenvalue weighted by Crippen LogP contribution is 1.76. The van der Waals surface area contributed by atoms with Crippen LogP contribution in [0.15, 0.2) is 12.2 Å². The molecule has 1 unspecified atom stereocenters. The molecule has 4 heteroatoms. The molecule has 11 heavy (non-hydrogen) atoms. The summed E-state index contributed by atoms with van der Waals surface area (Å²) < 4.78 is 0. The first kappa shape index (κ1) is 10.1. The van der Waals surface area contributed by atoms with Gasteiger partial charge in [0.1, 0.15) is 6.10 Å². The number of rotatable bonds is 5. The summed E-state index contributed by atoms with van der Waals surface area (Å²) in [5.41, 5.74) is 4.80. The van der Waals surface area contributed by atoms with Gasteiger partial charge in [-0.3, -0.25) is 4.79 Å². The summed E-state index contributed by atoms with van der Waals surface area (Å²) in [5.74, 6) is -0.696. The Balaban J connectivity index is 3.31. The van der Waals surface area contributed by atoms with Gasteiger partial charge in [-0.1, -0.05) is 12.2 Å². The third kappa shape index (κ3) is 5.57. The molecule has 0 radical (unpaired) electrons. The van der Waals surface area contributed by atoms with Gasteiger partial charge in [0.25, 0.3) is 0 Å². The second-order valence-electron chi connectivity index (χ2n) is 2.15. The lowest BCUT2D eigenvalue weighted by atomic mass is 10.3. The van der Waals surface area contributed by atoms with Crippen molar-refractivity contribution in [1.82, 2.24) is 5.32 Å². The minimum absolute atomic E-state index is 0.208. The van der Waals surface area contributed by atoms with Gasteiger partial charge in [0.05, 0.1) is 0 Å². The van der Waals surface area contributed by atoms with Crippen molar-refractivity contribution in [3.05, 3.63) is 12.2 Å². The highest BCUT2D eigenvalue weighted by Gasteiger charge is 2.07. The highest BCUT2D eigenvalue weighted by molar-refractivity contribution is 5.78. The van der Waals surface area contributed by atoms with E-state index in [1.807, 2.05) is 19.1 Å². The highest BCUT2D eigenvalue weighted by atomic mass is 16.3. The number of aliphatic hydroxyl groups excluding tert-OH is 1. The summed E-state index contributed by atoms with van der Waals surface area (Å²) >= 11 is 0. The topological polar surface area (TPSA) is 75.3 Å². The fourth-order valence-electron chi connectivity index (χ4n) is 0.522. The predicted octanol–water partition coefficient (Wildman–Crippen LogP) is -1.00. The molecule has 0 saturated carbocycles. The number of primary amides is 1. The maximum Gasteiger partial charge on any atom is 0.247 e. The number of amides is 1. The van der Waals surface area contributed by atoms with Crippen molar-refractivity contribution in [3.8, 4) is 0 Å². The van der Waals surface area contributed by atoms with E-state index < -0.39 is 12.0 Å². The van der Waals surface area contributed by atoms with Crippen molar-refractivity contribution in [2.75, 3.05) is 13.1 Å². The van der Waals surface area contributed by atoms with Gasteiger partial charge < -0.3 is 16.2 Å². The molecule has 0 heterocycles. The van der Waals surface area contributed by atoms with Crippen LogP contribution in [-0.2, 0) is 4.79 Å². The summed E-state index contributed by atoms with van der Waals surface area (Å²) in [6, 6.07) is 0. The van der Waals surface area contributed by atoms with E-state index in [2.05, 4.69) is 5.32 Å². The zero-order chi connectivity index (χ0) is 8.69. The zero-order valence-corrected chi connectivity index (χ0v) is 6.58. The minimum atomic E-state index is -1.08. The van der Waals surface area contributed by atoms with Crippen LogP contribution in [0.25, 0.3) is 0 Å². The first-order valence-electron chi connectivity index (χ1n) is 3.47. The molecular formula is C7H14N2O2. The molecule has 1 atom stereocenters. The number of hydrogen-bond acceptors (Lipinski definition) is 3. The molecule has 0 aromatic heterocycles. The van der Waals surface area contributed by atoms with Crippen LogP contribution < -0.4 is 11.1 Å². The largest absolute Gasteiger partial charge is 0.382 e. The summed E-state index contributed by atoms with van der Waals surface area (Å²) in [6.07, 6.45) is 2.68. The standard InChI is InChI=1S/C7H14N2O2/c1-2-3-4-9-5-6(10)7(8)11/h2-3,6,9-10H,4-5H2,1H3,(H2,8,11)/b3-2+. The molecule has 1 amide bonds. The maximum absolute atomic E-state index is 10.3. The number of allylic oxidation sites excluding steroid dienone is 1. The van der Waals surface area contributed by atoms with Crippen LogP contribution in [-0.4, -0.2) is 30.2 Å². The smallest absolute Gasteiger partial charge is 0.247 e. The lowest BCUT2D eigenvalue weighted by Crippen LogP contribution is -2.37. The molecule has 0 aliphatic carbocycles. The Morgan fingerprint density at radius 1 is 1.82 bits per heavy atom. The van der Waals surface area contributed by atoms with Gasteiger partial charge in [-0.15, -0.1) is 0 Å². The van der Waals surface area contributed by atoms with Crippen molar-refractivity contribution in [3.63, 3.8) is 0 Å². The number of hydrogen-bond donors (Lipinski definition) is 3. The van der Waals surface area contributed by atoms with Crippen molar-refractivity contribution in [1.29, 1.82) is 0 Å². The second kappa shape index (κ2) is 5.88. The molecular weight excluding hydrogens is 144 g/mol. The lowest BCUT2D eigenvalue weighted by molar-refractivity contribution is -0.125. The molecule has 4 N–H and O–H groups in total. The molecule has 0 aliphatic heterocycles. The summed E-state index contributed by atoms with van der Waals surface area (Å²) in [7, 11) is 0. The van der Waals surface area contributed by atoms with E-state index in [4.69, 9.17) is 10.8 Å². The van der Waals surface area contributed by atoms with Gasteiger partial charge in [0, 0.05) is 13.1 Å². The Morgan fingerprint density at radius 2 is 2.45 bits per heavy atom. The van der Waals surface area contributed by atoms with Gasteiger partial charge in [-0.2, -0.15) is 0 Å². The van der Waals surface area contributed by atoms with Crippen LogP contribution in [0, 0.1) is 0 Å². The molecule has 0 aliphatic rings. The first-order valence-corrected chi connectivity index (χ1v) is 3.47. The molecule has 0 rings (SSSR count). The Hall–Kier alpha value is -0.870. The molecule has 0 aromatic rings. The van der Waals surface area contributed by atoms with E-state index in [9.17, 15) is 4.79 Å². The van der Waals surface area contributed by atoms with Crippen molar-refractivity contribution < 1.29 is 9.90 Å². The van der Waals surface area contributed by atoms with Crippen LogP contribution in [0.1, 0.15) is 6.92 Å². The van der Waals surface area contributed by atoms with Gasteiger partial charge in [-0.05, 0) is 6.92 Å². The molecule has 0 bridgehead atoms. The van der Waals surface area contributed by atoms with Gasteiger partial charge in [-0.25, -0.2) is 0 Å². The van der Waals surface area contributed by atoms with Crippen molar-refractivity contribution >= 4 is 5.91 Å². The third-order valence-corrected chi connectivity index (χ3v) is 1.16. The minimum Gasteiger partial charge on any atom is -0.382 e. The molecule has 4 nitrogen and oxygen atoms in total. The number of nitrogens with one attached hydrogen (secondary N) is 1. The number of carbonyl (C=O) groups is 1. The fourth-order valence-corrected chi connectivity index (χ4v) is 0.522. The molecule has 64 valence electrons. The van der Waals surface area contributed by atoms with Crippen LogP contribution >= 0.6 is 0 Å². The summed E-state index contributed by atoms with van der Waals surface area (Å²) in [4.78, 5) is 10.3. The average Bonchev–Trinajstić information content (AvgIpc) is 1.97. The summed E-state index contributed by atoms with van der Waals surface area (Å²) in [5, 5.41) is 11.7. The van der Waals surface area contributed by atoms with E-state index in [0.717, 1.165) is 0 Å². The number of aliphatic hydroxyl groups is 1. The van der Waals surface area contributed by atoms with Gasteiger partial charge >= 0.3 is 0 Å². The molecule has 0 spiro atoms. The Kier molecular flexibility index (Phi) is 5.42. The van der Waals surface area contributed by atoms with Crippen LogP contribution in [0.4, 0.5) is 0 Å². The average molecular weight is 158 g/mol. The normalized spacial score (nSPS) is 13.6. The van der Waals surface area contributed by atoms with E-state index in [1.54, 1.807) is 0 Å². The number of nitrogens with two attached hydrogens (primary N) is 1. The first-order chi connectivity index (χ1) is 5.18. The lowest BCUT2D eigenvalue weighted by Gasteiger charge is -2.05. The Morgan fingerprint density at radius 3 is 2.91 bits per heavy atom. The fraction of sp³-hybridized carbons (Fsp3) is 0.571. The van der Waals surface area contributed by atoms with Gasteiger partial charge in [0.15, 0.2) is 0 Å². The van der Waals surface area contributed by atoms with Crippen molar-refractivity contribution in [2.45, 2.75) is 13.0 Å². The molecule has 0 saturated heterocycles. The quantitative estimate of drug-likeness (QED) is 0.355. The van der Waals surface area contributed by atoms with Crippen molar-refractivity contribution in [2.24, 2.45) is 5.73 Å². The van der Waals surface area contributed by atoms with E-state index >= 15 is 0 Å². The Labute approximate surface area is 66.1 Å². The van der Waals surface area contributed by atoms with Crippen LogP contribution in [0.5, 0.6) is 0 Å². The van der Waals surface area contributed by atoms with Gasteiger partial charge in [0.2, 0.25) is 5.91 Å². The molecule has 0 aromatic carbocycles. The van der Waals surface area contributed by atoms with E-state index in [0.29, 0.717) is 6.54 Å². The monoisotopic (exact) mass is 158 g/mol. The van der Waals surface area contributed by atoms with E-state index in [1.165, 1.54) is 0 Å².